The molecule has 8 heteroatoms. The van der Waals surface area contributed by atoms with Crippen molar-refractivity contribution >= 4 is 29.3 Å². The number of Topliss-reactive ketones (excluding diaryl/α,β-unsaturated/α-hetero) is 1. The summed E-state index contributed by atoms with van der Waals surface area (Å²) < 4.78 is 4.77. The van der Waals surface area contributed by atoms with Crippen LogP contribution in [0.25, 0.3) is 0 Å². The van der Waals surface area contributed by atoms with E-state index in [0.29, 0.717) is 34.1 Å². The molecule has 0 amide bonds. The Kier molecular flexibility index (Phi) is 5.76. The van der Waals surface area contributed by atoms with Crippen molar-refractivity contribution in [2.75, 3.05) is 18.2 Å². The Morgan fingerprint density at radius 2 is 2.00 bits per heavy atom. The summed E-state index contributed by atoms with van der Waals surface area (Å²) in [5.41, 5.74) is 2.84. The van der Waals surface area contributed by atoms with Crippen LogP contribution in [0.5, 0.6) is 0 Å². The standard InChI is InChI=1S/C22H23N3O4S/c1-3-11-30-22-24-19-18(20(27)25-22)16(17-14(23-19)5-4-6-15(17)26)12-7-9-13(10-8-12)21(28)29-2/h7-10,16H,3-6,11H2,1-2H3,(H2,23,24,25,27). The lowest BCUT2D eigenvalue weighted by Gasteiger charge is -2.32. The molecule has 7 nitrogen and oxygen atoms in total. The lowest BCUT2D eigenvalue weighted by atomic mass is 9.76. The van der Waals surface area contributed by atoms with Gasteiger partial charge in [0.05, 0.1) is 18.2 Å². The molecule has 2 aliphatic rings. The third kappa shape index (κ3) is 3.67. The first kappa shape index (κ1) is 20.4. The van der Waals surface area contributed by atoms with Crippen LogP contribution in [0.3, 0.4) is 0 Å². The summed E-state index contributed by atoms with van der Waals surface area (Å²) in [7, 11) is 1.33. The highest BCUT2D eigenvalue weighted by molar-refractivity contribution is 7.99. The number of aromatic amines is 1. The zero-order valence-corrected chi connectivity index (χ0v) is 17.7. The third-order valence-electron chi connectivity index (χ3n) is 5.34. The molecule has 0 bridgehead atoms. The highest BCUT2D eigenvalue weighted by Gasteiger charge is 2.37. The van der Waals surface area contributed by atoms with E-state index in [2.05, 4.69) is 22.2 Å². The molecule has 1 aliphatic heterocycles. The van der Waals surface area contributed by atoms with Gasteiger partial charge in [0.25, 0.3) is 5.56 Å². The van der Waals surface area contributed by atoms with Crippen LogP contribution in [0.2, 0.25) is 0 Å². The monoisotopic (exact) mass is 425 g/mol. The molecular formula is C22H23N3O4S. The maximum atomic E-state index is 13.1. The molecule has 2 N–H and O–H groups in total. The molecule has 1 aliphatic carbocycles. The molecule has 4 rings (SSSR count). The van der Waals surface area contributed by atoms with Crippen molar-refractivity contribution in [3.63, 3.8) is 0 Å². The lowest BCUT2D eigenvalue weighted by Crippen LogP contribution is -2.32. The number of fused-ring (bicyclic) bond motifs is 1. The van der Waals surface area contributed by atoms with Gasteiger partial charge in [0.15, 0.2) is 10.9 Å². The molecule has 1 unspecified atom stereocenters. The van der Waals surface area contributed by atoms with E-state index < -0.39 is 11.9 Å². The molecule has 0 spiro atoms. The van der Waals surface area contributed by atoms with E-state index >= 15 is 0 Å². The molecule has 0 fully saturated rings. The predicted molar refractivity (Wildman–Crippen MR) is 115 cm³/mol. The Morgan fingerprint density at radius 3 is 2.70 bits per heavy atom. The SMILES string of the molecule is CCCSc1nc2c(c(=O)[nH]1)C(c1ccc(C(=O)OC)cc1)C1=C(CCCC1=O)N2. The number of carbonyl (C=O) groups excluding carboxylic acids is 2. The van der Waals surface area contributed by atoms with Crippen molar-refractivity contribution < 1.29 is 14.3 Å². The zero-order valence-electron chi connectivity index (χ0n) is 16.9. The number of aromatic nitrogens is 2. The van der Waals surface area contributed by atoms with E-state index in [4.69, 9.17) is 4.74 Å². The van der Waals surface area contributed by atoms with E-state index in [1.165, 1.54) is 18.9 Å². The fourth-order valence-corrected chi connectivity index (χ4v) is 4.69. The Bertz CT molecular complexity index is 1090. The van der Waals surface area contributed by atoms with Gasteiger partial charge < -0.3 is 15.0 Å². The smallest absolute Gasteiger partial charge is 0.337 e. The molecule has 1 atom stereocenters. The van der Waals surface area contributed by atoms with E-state index in [0.717, 1.165) is 36.3 Å². The summed E-state index contributed by atoms with van der Waals surface area (Å²) in [6, 6.07) is 6.86. The van der Waals surface area contributed by atoms with E-state index in [9.17, 15) is 14.4 Å². The number of H-pyrrole nitrogens is 1. The van der Waals surface area contributed by atoms with Crippen molar-refractivity contribution in [2.45, 2.75) is 43.7 Å². The Balaban J connectivity index is 1.85. The Hall–Kier alpha value is -2.87. The lowest BCUT2D eigenvalue weighted by molar-refractivity contribution is -0.116. The number of allylic oxidation sites excluding steroid dienone is 2. The van der Waals surface area contributed by atoms with Crippen LogP contribution < -0.4 is 10.9 Å². The number of rotatable bonds is 5. The average Bonchev–Trinajstić information content (AvgIpc) is 2.76. The van der Waals surface area contributed by atoms with Crippen LogP contribution in [0.4, 0.5) is 5.82 Å². The van der Waals surface area contributed by atoms with Gasteiger partial charge in [-0.15, -0.1) is 0 Å². The fraction of sp³-hybridized carbons (Fsp3) is 0.364. The maximum Gasteiger partial charge on any atom is 0.337 e. The topological polar surface area (TPSA) is 101 Å². The van der Waals surface area contributed by atoms with E-state index in [-0.39, 0.29) is 11.3 Å². The number of nitrogens with zero attached hydrogens (tertiary/aromatic N) is 1. The molecule has 0 radical (unpaired) electrons. The molecule has 0 saturated heterocycles. The minimum absolute atomic E-state index is 0.0419. The number of thioether (sulfide) groups is 1. The molecule has 2 heterocycles. The van der Waals surface area contributed by atoms with Crippen molar-refractivity contribution in [1.29, 1.82) is 0 Å². The van der Waals surface area contributed by atoms with Crippen molar-refractivity contribution in [3.05, 3.63) is 62.6 Å². The highest BCUT2D eigenvalue weighted by Crippen LogP contribution is 2.43. The Labute approximate surface area is 178 Å². The number of benzene rings is 1. The number of esters is 1. The van der Waals surface area contributed by atoms with Crippen LogP contribution in [-0.2, 0) is 9.53 Å². The van der Waals surface area contributed by atoms with Gasteiger partial charge in [-0.2, -0.15) is 0 Å². The Morgan fingerprint density at radius 1 is 1.23 bits per heavy atom. The number of nitrogens with one attached hydrogen (secondary N) is 2. The first-order valence-electron chi connectivity index (χ1n) is 10.0. The largest absolute Gasteiger partial charge is 0.465 e. The number of ketones is 1. The average molecular weight is 426 g/mol. The minimum atomic E-state index is -0.516. The molecule has 1 aromatic heterocycles. The summed E-state index contributed by atoms with van der Waals surface area (Å²) in [4.78, 5) is 45.2. The second-order valence-electron chi connectivity index (χ2n) is 7.32. The highest BCUT2D eigenvalue weighted by atomic mass is 32.2. The van der Waals surface area contributed by atoms with Crippen molar-refractivity contribution in [1.82, 2.24) is 9.97 Å². The second kappa shape index (κ2) is 8.47. The number of hydrogen-bond acceptors (Lipinski definition) is 7. The van der Waals surface area contributed by atoms with Crippen LogP contribution in [-0.4, -0.2) is 34.6 Å². The quantitative estimate of drug-likeness (QED) is 0.429. The van der Waals surface area contributed by atoms with Gasteiger partial charge in [-0.25, -0.2) is 9.78 Å². The molecule has 30 heavy (non-hydrogen) atoms. The summed E-state index contributed by atoms with van der Waals surface area (Å²) in [5.74, 6) is 0.454. The van der Waals surface area contributed by atoms with Gasteiger partial charge in [-0.1, -0.05) is 30.8 Å². The van der Waals surface area contributed by atoms with Gasteiger partial charge in [0.1, 0.15) is 5.82 Å². The summed E-state index contributed by atoms with van der Waals surface area (Å²) in [6.07, 6.45) is 2.94. The molecule has 0 saturated carbocycles. The number of anilines is 1. The van der Waals surface area contributed by atoms with Crippen LogP contribution in [0.1, 0.15) is 60.0 Å². The molecule has 156 valence electrons. The van der Waals surface area contributed by atoms with Gasteiger partial charge in [0, 0.05) is 29.4 Å². The maximum absolute atomic E-state index is 13.1. The van der Waals surface area contributed by atoms with Gasteiger partial charge in [-0.3, -0.25) is 9.59 Å². The normalized spacial score (nSPS) is 17.8. The zero-order chi connectivity index (χ0) is 21.3. The number of hydrogen-bond donors (Lipinski definition) is 2. The van der Waals surface area contributed by atoms with E-state index in [1.54, 1.807) is 24.3 Å². The van der Waals surface area contributed by atoms with Gasteiger partial charge >= 0.3 is 5.97 Å². The molecule has 1 aromatic carbocycles. The number of ether oxygens (including phenoxy) is 1. The van der Waals surface area contributed by atoms with Crippen LogP contribution >= 0.6 is 11.8 Å². The van der Waals surface area contributed by atoms with Gasteiger partial charge in [0.2, 0.25) is 0 Å². The fourth-order valence-electron chi connectivity index (χ4n) is 3.97. The summed E-state index contributed by atoms with van der Waals surface area (Å²) in [6.45, 7) is 2.07. The minimum Gasteiger partial charge on any atom is -0.465 e. The first-order chi connectivity index (χ1) is 14.5. The molecular weight excluding hydrogens is 402 g/mol. The third-order valence-corrected chi connectivity index (χ3v) is 6.42. The predicted octanol–water partition coefficient (Wildman–Crippen LogP) is 3.62. The number of carbonyl (C=O) groups is 2. The summed E-state index contributed by atoms with van der Waals surface area (Å²) in [5, 5.41) is 3.83. The van der Waals surface area contributed by atoms with Crippen molar-refractivity contribution in [2.24, 2.45) is 0 Å². The molecule has 2 aromatic rings. The number of methoxy groups -OCH3 is 1. The van der Waals surface area contributed by atoms with Crippen LogP contribution in [0.15, 0.2) is 45.5 Å². The van der Waals surface area contributed by atoms with E-state index in [1.807, 2.05) is 0 Å². The summed E-state index contributed by atoms with van der Waals surface area (Å²) >= 11 is 1.50. The van der Waals surface area contributed by atoms with Crippen molar-refractivity contribution in [3.8, 4) is 0 Å². The first-order valence-corrected chi connectivity index (χ1v) is 11.0. The van der Waals surface area contributed by atoms with Gasteiger partial charge in [-0.05, 0) is 37.0 Å². The second-order valence-corrected chi connectivity index (χ2v) is 8.41. The van der Waals surface area contributed by atoms with Crippen LogP contribution in [0, 0.1) is 0 Å².